The molecule has 7 nitrogen and oxygen atoms in total. The summed E-state index contributed by atoms with van der Waals surface area (Å²) in [6, 6.07) is 4.36. The number of alkyl halides is 3. The Morgan fingerprint density at radius 3 is 2.22 bits per heavy atom. The Morgan fingerprint density at radius 2 is 1.75 bits per heavy atom. The van der Waals surface area contributed by atoms with E-state index in [1.165, 1.54) is 16.9 Å². The van der Waals surface area contributed by atoms with Crippen LogP contribution >= 0.6 is 0 Å². The Morgan fingerprint density at radius 1 is 1.09 bits per heavy atom. The van der Waals surface area contributed by atoms with E-state index < -0.39 is 11.7 Å². The van der Waals surface area contributed by atoms with Crippen molar-refractivity contribution < 1.29 is 18.0 Å². The number of nitrogens with zero attached hydrogens (tertiary/aromatic N) is 6. The minimum absolute atomic E-state index is 0.106. The molecule has 0 aliphatic carbocycles. The van der Waals surface area contributed by atoms with E-state index in [9.17, 15) is 23.2 Å². The average molecular weight is 448 g/mol. The maximum atomic E-state index is 13.3. The van der Waals surface area contributed by atoms with Gasteiger partial charge in [0, 0.05) is 32.4 Å². The Bertz CT molecular complexity index is 983. The van der Waals surface area contributed by atoms with Crippen molar-refractivity contribution in [3.05, 3.63) is 41.3 Å². The van der Waals surface area contributed by atoms with Gasteiger partial charge in [-0.25, -0.2) is 9.67 Å². The van der Waals surface area contributed by atoms with Crippen molar-refractivity contribution in [3.63, 3.8) is 0 Å². The topological polar surface area (TPSA) is 78.0 Å². The van der Waals surface area contributed by atoms with E-state index in [0.29, 0.717) is 37.4 Å². The Kier molecular flexibility index (Phi) is 6.88. The van der Waals surface area contributed by atoms with Crippen LogP contribution < -0.4 is 0 Å². The zero-order valence-corrected chi connectivity index (χ0v) is 18.6. The van der Waals surface area contributed by atoms with E-state index in [4.69, 9.17) is 0 Å². The molecule has 0 saturated carbocycles. The van der Waals surface area contributed by atoms with E-state index in [0.717, 1.165) is 12.3 Å². The van der Waals surface area contributed by atoms with Crippen LogP contribution in [0.15, 0.2) is 24.5 Å². The first-order chi connectivity index (χ1) is 15.0. The summed E-state index contributed by atoms with van der Waals surface area (Å²) in [6.07, 6.45) is -2.25. The molecular formula is C22H27F3N6O. The number of aromatic nitrogens is 3. The second-order valence-electron chi connectivity index (χ2n) is 8.56. The lowest BCUT2D eigenvalue weighted by atomic mass is 10.0. The van der Waals surface area contributed by atoms with Crippen LogP contribution in [0.3, 0.4) is 0 Å². The minimum atomic E-state index is -4.47. The predicted octanol–water partition coefficient (Wildman–Crippen LogP) is 3.72. The van der Waals surface area contributed by atoms with Crippen LogP contribution in [0.25, 0.3) is 5.82 Å². The molecule has 1 amide bonds. The molecule has 1 aliphatic heterocycles. The Hall–Kier alpha value is -2.93. The number of rotatable bonds is 5. The van der Waals surface area contributed by atoms with Gasteiger partial charge in [-0.05, 0) is 24.0 Å². The van der Waals surface area contributed by atoms with Gasteiger partial charge < -0.3 is 4.90 Å². The molecule has 1 aliphatic rings. The molecule has 172 valence electrons. The number of nitriles is 1. The van der Waals surface area contributed by atoms with Gasteiger partial charge in [0.15, 0.2) is 5.82 Å². The molecule has 0 aromatic carbocycles. The zero-order chi connectivity index (χ0) is 23.6. The molecule has 0 N–H and O–H groups in total. The maximum Gasteiger partial charge on any atom is 0.417 e. The highest BCUT2D eigenvalue weighted by Gasteiger charge is 2.32. The molecule has 2 aromatic rings. The van der Waals surface area contributed by atoms with Crippen molar-refractivity contribution in [1.29, 1.82) is 5.26 Å². The van der Waals surface area contributed by atoms with Crippen LogP contribution in [0.2, 0.25) is 0 Å². The highest BCUT2D eigenvalue weighted by Crippen LogP contribution is 2.30. The summed E-state index contributed by atoms with van der Waals surface area (Å²) in [5.74, 6) is 0.138. The number of hydrogen-bond acceptors (Lipinski definition) is 5. The summed E-state index contributed by atoms with van der Waals surface area (Å²) < 4.78 is 40.0. The van der Waals surface area contributed by atoms with Gasteiger partial charge in [-0.15, -0.1) is 0 Å². The van der Waals surface area contributed by atoms with Crippen LogP contribution in [0, 0.1) is 17.2 Å². The monoisotopic (exact) mass is 448 g/mol. The molecule has 0 radical (unpaired) electrons. The lowest BCUT2D eigenvalue weighted by Gasteiger charge is -2.38. The molecule has 0 spiro atoms. The van der Waals surface area contributed by atoms with Crippen LogP contribution in [0.4, 0.5) is 13.2 Å². The molecule has 10 heteroatoms. The molecule has 32 heavy (non-hydrogen) atoms. The van der Waals surface area contributed by atoms with E-state index in [-0.39, 0.29) is 29.6 Å². The SMILES string of the molecule is CC(C)c1c(C(=O)N2CCN(C(C#N)C(C)C)CC2)cnn1-c1ccc(C(F)(F)F)cn1. The lowest BCUT2D eigenvalue weighted by Crippen LogP contribution is -2.52. The number of piperazine rings is 1. The number of carbonyl (C=O) groups excluding carboxylic acids is 1. The van der Waals surface area contributed by atoms with Crippen LogP contribution in [-0.4, -0.2) is 62.7 Å². The molecule has 0 bridgehead atoms. The van der Waals surface area contributed by atoms with Crippen molar-refractivity contribution in [3.8, 4) is 11.9 Å². The fourth-order valence-electron chi connectivity index (χ4n) is 3.97. The first-order valence-electron chi connectivity index (χ1n) is 10.6. The average Bonchev–Trinajstić information content (AvgIpc) is 3.19. The van der Waals surface area contributed by atoms with Crippen LogP contribution in [0.1, 0.15) is 55.2 Å². The first kappa shape index (κ1) is 23.7. The van der Waals surface area contributed by atoms with Crippen molar-refractivity contribution in [2.45, 2.75) is 45.8 Å². The van der Waals surface area contributed by atoms with Gasteiger partial charge >= 0.3 is 6.18 Å². The van der Waals surface area contributed by atoms with Crippen LogP contribution in [-0.2, 0) is 6.18 Å². The quantitative estimate of drug-likeness (QED) is 0.697. The van der Waals surface area contributed by atoms with Gasteiger partial charge in [-0.1, -0.05) is 27.7 Å². The third-order valence-electron chi connectivity index (χ3n) is 5.63. The van der Waals surface area contributed by atoms with Crippen molar-refractivity contribution >= 4 is 5.91 Å². The minimum Gasteiger partial charge on any atom is -0.336 e. The molecule has 3 rings (SSSR count). The predicted molar refractivity (Wildman–Crippen MR) is 112 cm³/mol. The number of halogens is 3. The van der Waals surface area contributed by atoms with Gasteiger partial charge in [0.25, 0.3) is 5.91 Å². The molecule has 3 heterocycles. The number of amides is 1. The standard InChI is InChI=1S/C22H27F3N6O/c1-14(2)18(11-26)29-7-9-30(10-8-29)21(32)17-13-28-31(20(17)15(3)4)19-6-5-16(12-27-19)22(23,24)25/h5-6,12-15,18H,7-10H2,1-4H3. The summed E-state index contributed by atoms with van der Waals surface area (Å²) >= 11 is 0. The van der Waals surface area contributed by atoms with E-state index in [2.05, 4.69) is 21.1 Å². The summed E-state index contributed by atoms with van der Waals surface area (Å²) in [5, 5.41) is 13.7. The third kappa shape index (κ3) is 4.78. The normalized spacial score (nSPS) is 16.4. The fraction of sp³-hybridized carbons (Fsp3) is 0.545. The fourth-order valence-corrected chi connectivity index (χ4v) is 3.97. The van der Waals surface area contributed by atoms with E-state index in [1.807, 2.05) is 27.7 Å². The second-order valence-corrected chi connectivity index (χ2v) is 8.56. The zero-order valence-electron chi connectivity index (χ0n) is 18.6. The van der Waals surface area contributed by atoms with Crippen molar-refractivity contribution in [1.82, 2.24) is 24.6 Å². The Balaban J connectivity index is 1.82. The largest absolute Gasteiger partial charge is 0.417 e. The summed E-state index contributed by atoms with van der Waals surface area (Å²) in [6.45, 7) is 9.99. The maximum absolute atomic E-state index is 13.3. The molecular weight excluding hydrogens is 421 g/mol. The number of carbonyl (C=O) groups is 1. The first-order valence-corrected chi connectivity index (χ1v) is 10.6. The van der Waals surface area contributed by atoms with Gasteiger partial charge in [0.05, 0.1) is 29.1 Å². The van der Waals surface area contributed by atoms with Crippen molar-refractivity contribution in [2.24, 2.45) is 5.92 Å². The number of hydrogen-bond donors (Lipinski definition) is 0. The van der Waals surface area contributed by atoms with Gasteiger partial charge in [-0.2, -0.15) is 23.5 Å². The smallest absolute Gasteiger partial charge is 0.336 e. The van der Waals surface area contributed by atoms with Gasteiger partial charge in [0.1, 0.15) is 6.04 Å². The Labute approximate surface area is 185 Å². The van der Waals surface area contributed by atoms with E-state index >= 15 is 0 Å². The molecule has 1 atom stereocenters. The molecule has 1 saturated heterocycles. The van der Waals surface area contributed by atoms with Crippen molar-refractivity contribution in [2.75, 3.05) is 26.2 Å². The highest BCUT2D eigenvalue weighted by atomic mass is 19.4. The number of pyridine rings is 1. The van der Waals surface area contributed by atoms with Crippen LogP contribution in [0.5, 0.6) is 0 Å². The summed E-state index contributed by atoms with van der Waals surface area (Å²) in [4.78, 5) is 21.0. The summed E-state index contributed by atoms with van der Waals surface area (Å²) in [7, 11) is 0. The molecule has 1 fully saturated rings. The molecule has 2 aromatic heterocycles. The second kappa shape index (κ2) is 9.28. The summed E-state index contributed by atoms with van der Waals surface area (Å²) in [5.41, 5.74) is 0.170. The third-order valence-corrected chi connectivity index (χ3v) is 5.63. The van der Waals surface area contributed by atoms with Gasteiger partial charge in [-0.3, -0.25) is 9.69 Å². The van der Waals surface area contributed by atoms with Gasteiger partial charge in [0.2, 0.25) is 0 Å². The highest BCUT2D eigenvalue weighted by molar-refractivity contribution is 5.95. The lowest BCUT2D eigenvalue weighted by molar-refractivity contribution is -0.137. The molecule has 1 unspecified atom stereocenters. The van der Waals surface area contributed by atoms with E-state index in [1.54, 1.807) is 4.90 Å².